The quantitative estimate of drug-likeness (QED) is 0.225. The molecule has 0 aromatic rings. The Hall–Kier alpha value is -1.81. The fourth-order valence-electron chi connectivity index (χ4n) is 2.19. The van der Waals surface area contributed by atoms with Crippen LogP contribution in [-0.4, -0.2) is 85.4 Å². The van der Waals surface area contributed by atoms with Gasteiger partial charge < -0.3 is 4.74 Å². The first-order valence-corrected chi connectivity index (χ1v) is 10.2. The summed E-state index contributed by atoms with van der Waals surface area (Å²) in [6.45, 7) is -2.69. The van der Waals surface area contributed by atoms with Gasteiger partial charge in [0.05, 0.1) is 6.61 Å². The van der Waals surface area contributed by atoms with Crippen LogP contribution in [0.2, 0.25) is 0 Å². The molecule has 0 radical (unpaired) electrons. The van der Waals surface area contributed by atoms with Crippen LogP contribution in [0.1, 0.15) is 13.8 Å². The van der Waals surface area contributed by atoms with Crippen LogP contribution in [0, 0.1) is 0 Å². The molecule has 0 aromatic carbocycles. The lowest BCUT2D eigenvalue weighted by Crippen LogP contribution is -2.75. The highest BCUT2D eigenvalue weighted by Gasteiger charge is 2.96. The highest BCUT2D eigenvalue weighted by molar-refractivity contribution is 7.90. The molecular formula is C14H12F17NO4S. The summed E-state index contributed by atoms with van der Waals surface area (Å²) in [5.74, 6) is -53.9. The van der Waals surface area contributed by atoms with Crippen molar-refractivity contribution in [2.75, 3.05) is 19.7 Å². The van der Waals surface area contributed by atoms with Crippen molar-refractivity contribution >= 4 is 16.0 Å². The Bertz CT molecular complexity index is 944. The zero-order valence-corrected chi connectivity index (χ0v) is 18.4. The van der Waals surface area contributed by atoms with Gasteiger partial charge in [0.15, 0.2) is 0 Å². The Balaban J connectivity index is 6.97. The first-order valence-electron chi connectivity index (χ1n) is 8.78. The van der Waals surface area contributed by atoms with Gasteiger partial charge in [-0.05, 0) is 6.92 Å². The zero-order chi connectivity index (χ0) is 30.5. The van der Waals surface area contributed by atoms with Gasteiger partial charge in [-0.25, -0.2) is 8.42 Å². The van der Waals surface area contributed by atoms with E-state index in [1.165, 1.54) is 0 Å². The highest BCUT2D eigenvalue weighted by Crippen LogP contribution is 2.64. The summed E-state index contributed by atoms with van der Waals surface area (Å²) in [4.78, 5) is 11.2. The molecule has 0 spiro atoms. The van der Waals surface area contributed by atoms with Gasteiger partial charge in [0.2, 0.25) is 0 Å². The first kappa shape index (κ1) is 35.2. The molecule has 0 aromatic heterocycles. The first-order chi connectivity index (χ1) is 15.9. The Morgan fingerprint density at radius 1 is 0.622 bits per heavy atom. The van der Waals surface area contributed by atoms with Gasteiger partial charge in [-0.15, -0.1) is 0 Å². The number of likely N-dealkylation sites (N-methyl/N-ethyl adjacent to an activating group) is 1. The van der Waals surface area contributed by atoms with Crippen LogP contribution >= 0.6 is 0 Å². The molecule has 23 heteroatoms. The standard InChI is InChI=1S/C14H12F17NO4S/c1-3-32(5-6(33)36-4-2)37(34,35)14(30,31)12(25,26)10(21,22)8(17,18)7(15,16)9(19,20)11(23,24)13(27,28)29/h3-5H2,1-2H3. The molecule has 222 valence electrons. The maximum Gasteiger partial charge on any atom is 0.460 e. The van der Waals surface area contributed by atoms with Crippen LogP contribution in [0.25, 0.3) is 0 Å². The normalized spacial score (nSPS) is 15.8. The Morgan fingerprint density at radius 2 is 0.946 bits per heavy atom. The van der Waals surface area contributed by atoms with E-state index in [0.29, 0.717) is 6.92 Å². The average molecular weight is 613 g/mol. The maximum absolute atomic E-state index is 14.1. The summed E-state index contributed by atoms with van der Waals surface area (Å²) in [5.41, 5.74) is 0. The second-order valence-electron chi connectivity index (χ2n) is 6.70. The van der Waals surface area contributed by atoms with Crippen LogP contribution in [0.15, 0.2) is 0 Å². The lowest BCUT2D eigenvalue weighted by molar-refractivity contribution is -0.458. The number of esters is 1. The van der Waals surface area contributed by atoms with E-state index in [0.717, 1.165) is 6.92 Å². The van der Waals surface area contributed by atoms with Crippen molar-refractivity contribution in [3.63, 3.8) is 0 Å². The molecule has 0 bridgehead atoms. The van der Waals surface area contributed by atoms with Gasteiger partial charge in [-0.3, -0.25) is 4.79 Å². The average Bonchev–Trinajstić information content (AvgIpc) is 2.70. The van der Waals surface area contributed by atoms with E-state index in [1.807, 2.05) is 0 Å². The van der Waals surface area contributed by atoms with E-state index in [9.17, 15) is 87.8 Å². The number of carbonyl (C=O) groups excluding carboxylic acids is 1. The molecule has 0 N–H and O–H groups in total. The summed E-state index contributed by atoms with van der Waals surface area (Å²) in [6.07, 6.45) is -7.91. The third-order valence-corrected chi connectivity index (χ3v) is 6.29. The van der Waals surface area contributed by atoms with Crippen LogP contribution in [0.5, 0.6) is 0 Å². The molecule has 5 nitrogen and oxygen atoms in total. The van der Waals surface area contributed by atoms with Crippen molar-refractivity contribution in [1.82, 2.24) is 4.31 Å². The Kier molecular flexibility index (Phi) is 9.26. The molecular weight excluding hydrogens is 601 g/mol. The molecule has 0 amide bonds. The monoisotopic (exact) mass is 613 g/mol. The minimum Gasteiger partial charge on any atom is -0.465 e. The second-order valence-corrected chi connectivity index (χ2v) is 8.68. The van der Waals surface area contributed by atoms with Crippen LogP contribution in [-0.2, 0) is 19.6 Å². The predicted molar refractivity (Wildman–Crippen MR) is 83.5 cm³/mol. The number of halogens is 17. The summed E-state index contributed by atoms with van der Waals surface area (Å²) < 4.78 is 252. The van der Waals surface area contributed by atoms with Crippen LogP contribution < -0.4 is 0 Å². The van der Waals surface area contributed by atoms with E-state index in [4.69, 9.17) is 0 Å². The van der Waals surface area contributed by atoms with Crippen LogP contribution in [0.3, 0.4) is 0 Å². The van der Waals surface area contributed by atoms with E-state index in [-0.39, 0.29) is 0 Å². The molecule has 0 heterocycles. The molecule has 0 unspecified atom stereocenters. The number of hydrogen-bond donors (Lipinski definition) is 0. The Morgan fingerprint density at radius 3 is 1.24 bits per heavy atom. The van der Waals surface area contributed by atoms with Gasteiger partial charge in [-0.1, -0.05) is 6.92 Å². The molecule has 0 saturated heterocycles. The minimum atomic E-state index is -8.92. The summed E-state index contributed by atoms with van der Waals surface area (Å²) >= 11 is 0. The predicted octanol–water partition coefficient (Wildman–Crippen LogP) is 5.17. The van der Waals surface area contributed by atoms with Gasteiger partial charge in [0, 0.05) is 6.54 Å². The third-order valence-electron chi connectivity index (χ3n) is 4.32. The van der Waals surface area contributed by atoms with E-state index in [2.05, 4.69) is 4.74 Å². The fraction of sp³-hybridized carbons (Fsp3) is 0.929. The number of nitrogens with zero attached hydrogens (tertiary/aromatic N) is 1. The third kappa shape index (κ3) is 4.88. The molecule has 0 fully saturated rings. The molecule has 37 heavy (non-hydrogen) atoms. The minimum absolute atomic E-state index is 0.450. The van der Waals surface area contributed by atoms with Gasteiger partial charge in [0.25, 0.3) is 10.0 Å². The largest absolute Gasteiger partial charge is 0.465 e. The van der Waals surface area contributed by atoms with Crippen molar-refractivity contribution in [2.45, 2.75) is 60.8 Å². The lowest BCUT2D eigenvalue weighted by Gasteiger charge is -2.42. The fourth-order valence-corrected chi connectivity index (χ4v) is 3.58. The van der Waals surface area contributed by atoms with Gasteiger partial charge in [-0.2, -0.15) is 78.9 Å². The molecule has 0 saturated carbocycles. The van der Waals surface area contributed by atoms with Crippen LogP contribution in [0.4, 0.5) is 74.6 Å². The van der Waals surface area contributed by atoms with Crippen molar-refractivity contribution in [1.29, 1.82) is 0 Å². The second kappa shape index (κ2) is 9.74. The summed E-state index contributed by atoms with van der Waals surface area (Å²) in [5, 5.41) is -7.71. The molecule has 0 atom stereocenters. The van der Waals surface area contributed by atoms with Crippen molar-refractivity contribution in [3.8, 4) is 0 Å². The van der Waals surface area contributed by atoms with Crippen molar-refractivity contribution in [3.05, 3.63) is 0 Å². The number of hydrogen-bond acceptors (Lipinski definition) is 4. The number of ether oxygens (including phenoxy) is 1. The molecule has 0 rings (SSSR count). The van der Waals surface area contributed by atoms with Gasteiger partial charge >= 0.3 is 52.9 Å². The topological polar surface area (TPSA) is 63.7 Å². The number of alkyl halides is 17. The van der Waals surface area contributed by atoms with Crippen molar-refractivity contribution < 1.29 is 92.6 Å². The SMILES string of the molecule is CCOC(=O)CN(CC)S(=O)(=O)C(F)(F)C(F)(F)C(F)(F)C(F)(F)C(F)(F)C(F)(F)C(F)(F)C(F)(F)F. The molecule has 0 aliphatic carbocycles. The number of rotatable bonds is 12. The van der Waals surface area contributed by atoms with Crippen molar-refractivity contribution in [2.24, 2.45) is 0 Å². The summed E-state index contributed by atoms with van der Waals surface area (Å²) in [6, 6.07) is 0. The summed E-state index contributed by atoms with van der Waals surface area (Å²) in [7, 11) is -7.52. The van der Waals surface area contributed by atoms with E-state index < -0.39 is 87.0 Å². The Labute approximate surface area is 194 Å². The maximum atomic E-state index is 14.1. The van der Waals surface area contributed by atoms with E-state index in [1.54, 1.807) is 0 Å². The lowest BCUT2D eigenvalue weighted by atomic mass is 9.91. The number of sulfonamides is 1. The smallest absolute Gasteiger partial charge is 0.460 e. The van der Waals surface area contributed by atoms with E-state index >= 15 is 0 Å². The number of carbonyl (C=O) groups is 1. The van der Waals surface area contributed by atoms with Gasteiger partial charge in [0.1, 0.15) is 6.54 Å². The highest BCUT2D eigenvalue weighted by atomic mass is 32.2. The zero-order valence-electron chi connectivity index (χ0n) is 17.5. The molecule has 0 aliphatic rings. The molecule has 0 aliphatic heterocycles.